The Morgan fingerprint density at radius 2 is 1.74 bits per heavy atom. The van der Waals surface area contributed by atoms with Gasteiger partial charge >= 0.3 is 5.91 Å². The Labute approximate surface area is 277 Å². The Kier molecular flexibility index (Phi) is 9.23. The zero-order chi connectivity index (χ0) is 33.1. The zero-order valence-corrected chi connectivity index (χ0v) is 26.8. The standard InChI is InChI=1S/C35H28FN3O6S2/c1-20-5-3-4-6-24(20)18-45-26-14-9-22(10-15-26)31(41)29-30(23-11-16-27(40)28(17-23)44-2)39(33(43)32(29)42)34-37-38-35(47-34)46-19-21-7-12-25(36)13-8-21/h3-17,30,40-41H,18-19H2,1-2H3. The highest BCUT2D eigenvalue weighted by molar-refractivity contribution is 8.00. The van der Waals surface area contributed by atoms with Gasteiger partial charge in [0.05, 0.1) is 18.7 Å². The molecular weight excluding hydrogens is 642 g/mol. The van der Waals surface area contributed by atoms with Crippen LogP contribution in [0.15, 0.2) is 101 Å². The number of aliphatic hydroxyl groups excluding tert-OH is 1. The maximum atomic E-state index is 13.6. The maximum Gasteiger partial charge on any atom is 0.301 e. The van der Waals surface area contributed by atoms with Crippen molar-refractivity contribution >= 4 is 45.7 Å². The summed E-state index contributed by atoms with van der Waals surface area (Å²) in [6.45, 7) is 2.36. The minimum atomic E-state index is -1.11. The van der Waals surface area contributed by atoms with Crippen LogP contribution < -0.4 is 14.4 Å². The molecule has 4 aromatic carbocycles. The molecule has 9 nitrogen and oxygen atoms in total. The second-order valence-electron chi connectivity index (χ2n) is 10.6. The Balaban J connectivity index is 1.33. The zero-order valence-electron chi connectivity index (χ0n) is 25.2. The number of anilines is 1. The summed E-state index contributed by atoms with van der Waals surface area (Å²) >= 11 is 2.45. The molecule has 5 aromatic rings. The minimum absolute atomic E-state index is 0.121. The lowest BCUT2D eigenvalue weighted by molar-refractivity contribution is -0.132. The van der Waals surface area contributed by atoms with E-state index in [-0.39, 0.29) is 33.8 Å². The third kappa shape index (κ3) is 6.69. The van der Waals surface area contributed by atoms with Crippen LogP contribution in [0.25, 0.3) is 5.76 Å². The average molecular weight is 670 g/mol. The first-order valence-electron chi connectivity index (χ1n) is 14.4. The number of hydrogen-bond acceptors (Lipinski definition) is 10. The molecule has 0 saturated carbocycles. The van der Waals surface area contributed by atoms with Gasteiger partial charge in [0.2, 0.25) is 5.13 Å². The Bertz CT molecular complexity index is 1980. The van der Waals surface area contributed by atoms with Crippen LogP contribution in [0.2, 0.25) is 0 Å². The quantitative estimate of drug-likeness (QED) is 0.0523. The number of methoxy groups -OCH3 is 1. The number of amides is 1. The number of aliphatic hydroxyl groups is 1. The van der Waals surface area contributed by atoms with E-state index in [1.807, 2.05) is 31.2 Å². The third-order valence-electron chi connectivity index (χ3n) is 7.62. The monoisotopic (exact) mass is 669 g/mol. The maximum absolute atomic E-state index is 13.6. The minimum Gasteiger partial charge on any atom is -0.507 e. The van der Waals surface area contributed by atoms with Gasteiger partial charge in [0, 0.05) is 11.3 Å². The van der Waals surface area contributed by atoms with E-state index < -0.39 is 17.7 Å². The number of aryl methyl sites for hydroxylation is 1. The number of halogens is 1. The molecule has 1 unspecified atom stereocenters. The molecule has 12 heteroatoms. The van der Waals surface area contributed by atoms with E-state index >= 15 is 0 Å². The van der Waals surface area contributed by atoms with Gasteiger partial charge in [-0.25, -0.2) is 4.39 Å². The van der Waals surface area contributed by atoms with Crippen molar-refractivity contribution in [1.82, 2.24) is 10.2 Å². The van der Waals surface area contributed by atoms with E-state index in [0.29, 0.717) is 33.6 Å². The molecule has 0 aliphatic carbocycles. The average Bonchev–Trinajstić information content (AvgIpc) is 3.65. The molecule has 1 amide bonds. The van der Waals surface area contributed by atoms with Crippen LogP contribution in [-0.4, -0.2) is 39.2 Å². The second kappa shape index (κ2) is 13.7. The van der Waals surface area contributed by atoms with Crippen molar-refractivity contribution in [3.8, 4) is 17.2 Å². The lowest BCUT2D eigenvalue weighted by Crippen LogP contribution is -2.29. The molecule has 1 aromatic heterocycles. The van der Waals surface area contributed by atoms with E-state index in [2.05, 4.69) is 10.2 Å². The van der Waals surface area contributed by atoms with Gasteiger partial charge in [-0.15, -0.1) is 10.2 Å². The summed E-state index contributed by atoms with van der Waals surface area (Å²) in [6.07, 6.45) is 0. The molecule has 1 fully saturated rings. The van der Waals surface area contributed by atoms with Crippen molar-refractivity contribution in [2.45, 2.75) is 29.7 Å². The number of rotatable bonds is 10. The van der Waals surface area contributed by atoms with Gasteiger partial charge in [0.1, 0.15) is 23.9 Å². The highest BCUT2D eigenvalue weighted by atomic mass is 32.2. The first-order valence-corrected chi connectivity index (χ1v) is 16.2. The van der Waals surface area contributed by atoms with Gasteiger partial charge in [0.25, 0.3) is 5.78 Å². The van der Waals surface area contributed by atoms with Crippen molar-refractivity contribution in [3.63, 3.8) is 0 Å². The van der Waals surface area contributed by atoms with Gasteiger partial charge < -0.3 is 19.7 Å². The predicted molar refractivity (Wildman–Crippen MR) is 177 cm³/mol. The number of aromatic nitrogens is 2. The Hall–Kier alpha value is -5.20. The summed E-state index contributed by atoms with van der Waals surface area (Å²) in [5.74, 6) is -1.49. The van der Waals surface area contributed by atoms with Crippen LogP contribution in [0.1, 0.15) is 33.9 Å². The molecule has 1 atom stereocenters. The SMILES string of the molecule is COc1cc(C2C(=C(O)c3ccc(OCc4ccccc4C)cc3)C(=O)C(=O)N2c2nnc(SCc3ccc(F)cc3)s2)ccc1O. The molecular formula is C35H28FN3O6S2. The summed E-state index contributed by atoms with van der Waals surface area (Å²) in [4.78, 5) is 28.4. The van der Waals surface area contributed by atoms with Crippen LogP contribution in [0.3, 0.4) is 0 Å². The van der Waals surface area contributed by atoms with Gasteiger partial charge in [-0.2, -0.15) is 0 Å². The number of phenolic OH excluding ortho intramolecular Hbond substituents is 1. The number of aromatic hydroxyl groups is 1. The van der Waals surface area contributed by atoms with Crippen molar-refractivity contribution in [2.75, 3.05) is 12.0 Å². The second-order valence-corrected chi connectivity index (χ2v) is 12.8. The van der Waals surface area contributed by atoms with E-state index in [0.717, 1.165) is 28.0 Å². The molecule has 1 saturated heterocycles. The van der Waals surface area contributed by atoms with Crippen molar-refractivity contribution in [1.29, 1.82) is 0 Å². The fourth-order valence-corrected chi connectivity index (χ4v) is 6.91. The molecule has 2 heterocycles. The van der Waals surface area contributed by atoms with Crippen LogP contribution in [0.5, 0.6) is 17.2 Å². The number of ether oxygens (including phenoxy) is 2. The third-order valence-corrected chi connectivity index (χ3v) is 9.75. The summed E-state index contributed by atoms with van der Waals surface area (Å²) in [5.41, 5.74) is 3.55. The molecule has 1 aliphatic heterocycles. The smallest absolute Gasteiger partial charge is 0.301 e. The number of thioether (sulfide) groups is 1. The summed E-state index contributed by atoms with van der Waals surface area (Å²) in [5, 5.41) is 30.4. The molecule has 1 aliphatic rings. The highest BCUT2D eigenvalue weighted by Crippen LogP contribution is 2.45. The highest BCUT2D eigenvalue weighted by Gasteiger charge is 2.48. The van der Waals surface area contributed by atoms with E-state index in [1.54, 1.807) is 42.5 Å². The largest absolute Gasteiger partial charge is 0.507 e. The number of phenols is 1. The number of nitrogens with zero attached hydrogens (tertiary/aromatic N) is 3. The Morgan fingerprint density at radius 1 is 1.00 bits per heavy atom. The summed E-state index contributed by atoms with van der Waals surface area (Å²) in [6, 6.07) is 23.9. The number of carbonyl (C=O) groups excluding carboxylic acids is 2. The number of hydrogen-bond donors (Lipinski definition) is 2. The topological polar surface area (TPSA) is 122 Å². The van der Waals surface area contributed by atoms with E-state index in [1.165, 1.54) is 48.0 Å². The first kappa shape index (κ1) is 31.8. The van der Waals surface area contributed by atoms with Crippen LogP contribution in [0, 0.1) is 12.7 Å². The van der Waals surface area contributed by atoms with Gasteiger partial charge in [-0.05, 0) is 77.7 Å². The fraction of sp³-hybridized carbons (Fsp3) is 0.143. The molecule has 0 radical (unpaired) electrons. The van der Waals surface area contributed by atoms with Crippen LogP contribution in [-0.2, 0) is 21.9 Å². The number of Topliss-reactive ketones (excluding diaryl/α,β-unsaturated/α-hetero) is 1. The summed E-state index contributed by atoms with van der Waals surface area (Å²) in [7, 11) is 1.38. The molecule has 47 heavy (non-hydrogen) atoms. The Morgan fingerprint density at radius 3 is 2.47 bits per heavy atom. The van der Waals surface area contributed by atoms with Crippen molar-refractivity contribution in [2.24, 2.45) is 0 Å². The fourth-order valence-electron chi connectivity index (χ4n) is 5.09. The predicted octanol–water partition coefficient (Wildman–Crippen LogP) is 7.20. The molecule has 238 valence electrons. The first-order chi connectivity index (χ1) is 22.7. The number of benzene rings is 4. The molecule has 6 rings (SSSR count). The lowest BCUT2D eigenvalue weighted by atomic mass is 9.95. The lowest BCUT2D eigenvalue weighted by Gasteiger charge is -2.23. The van der Waals surface area contributed by atoms with E-state index in [4.69, 9.17) is 9.47 Å². The summed E-state index contributed by atoms with van der Waals surface area (Å²) < 4.78 is 25.1. The molecule has 2 N–H and O–H groups in total. The normalized spacial score (nSPS) is 15.6. The van der Waals surface area contributed by atoms with E-state index in [9.17, 15) is 24.2 Å². The van der Waals surface area contributed by atoms with Crippen molar-refractivity contribution in [3.05, 3.63) is 130 Å². The molecule has 0 bridgehead atoms. The number of ketones is 1. The van der Waals surface area contributed by atoms with Crippen LogP contribution >= 0.6 is 23.1 Å². The van der Waals surface area contributed by atoms with Gasteiger partial charge in [-0.3, -0.25) is 14.5 Å². The van der Waals surface area contributed by atoms with Crippen molar-refractivity contribution < 1.29 is 33.7 Å². The van der Waals surface area contributed by atoms with Crippen LogP contribution in [0.4, 0.5) is 9.52 Å². The van der Waals surface area contributed by atoms with Gasteiger partial charge in [0.15, 0.2) is 15.8 Å². The molecule has 0 spiro atoms. The van der Waals surface area contributed by atoms with Gasteiger partial charge in [-0.1, -0.05) is 65.6 Å². The number of carbonyl (C=O) groups is 2.